The predicted octanol–water partition coefficient (Wildman–Crippen LogP) is 4.40. The van der Waals surface area contributed by atoms with Gasteiger partial charge in [0.2, 0.25) is 0 Å². The molecule has 0 N–H and O–H groups in total. The van der Waals surface area contributed by atoms with Crippen molar-refractivity contribution in [3.05, 3.63) is 51.3 Å². The normalized spacial score (nSPS) is 10.7. The van der Waals surface area contributed by atoms with Crippen molar-refractivity contribution < 1.29 is 0 Å². The van der Waals surface area contributed by atoms with Gasteiger partial charge in [0.15, 0.2) is 5.16 Å². The zero-order valence-electron chi connectivity index (χ0n) is 10.1. The molecule has 0 aliphatic carbocycles. The molecule has 0 amide bonds. The Hall–Kier alpha value is -0.770. The highest BCUT2D eigenvalue weighted by Gasteiger charge is 2.10. The summed E-state index contributed by atoms with van der Waals surface area (Å²) < 4.78 is 0. The van der Waals surface area contributed by atoms with Crippen LogP contribution in [-0.2, 0) is 6.42 Å². The molecule has 0 bridgehead atoms. The van der Waals surface area contributed by atoms with Gasteiger partial charge in [-0.2, -0.15) is 0 Å². The van der Waals surface area contributed by atoms with Crippen molar-refractivity contribution in [3.63, 3.8) is 0 Å². The summed E-state index contributed by atoms with van der Waals surface area (Å²) in [6, 6.07) is 7.72. The van der Waals surface area contributed by atoms with E-state index in [-0.39, 0.29) is 0 Å². The molecule has 94 valence electrons. The number of hydrogen-bond acceptors (Lipinski definition) is 3. The first-order valence-corrected chi connectivity index (χ1v) is 7.39. The second-order valence-corrected chi connectivity index (χ2v) is 5.44. The van der Waals surface area contributed by atoms with E-state index >= 15 is 0 Å². The topological polar surface area (TPSA) is 25.8 Å². The summed E-state index contributed by atoms with van der Waals surface area (Å²) in [5, 5.41) is 1.97. The molecule has 0 fully saturated rings. The first kappa shape index (κ1) is 13.7. The van der Waals surface area contributed by atoms with Crippen LogP contribution in [0, 0.1) is 6.92 Å². The molecule has 0 aliphatic rings. The third kappa shape index (κ3) is 3.16. The Morgan fingerprint density at radius 1 is 1.11 bits per heavy atom. The van der Waals surface area contributed by atoms with Gasteiger partial charge < -0.3 is 0 Å². The molecule has 0 spiro atoms. The van der Waals surface area contributed by atoms with E-state index in [1.54, 1.807) is 0 Å². The third-order valence-corrected chi connectivity index (χ3v) is 3.73. The molecule has 1 aromatic carbocycles. The van der Waals surface area contributed by atoms with Crippen LogP contribution in [0.1, 0.15) is 16.8 Å². The Morgan fingerprint density at radius 3 is 2.33 bits per heavy atom. The fourth-order valence-corrected chi connectivity index (χ4v) is 2.51. The van der Waals surface area contributed by atoms with Gasteiger partial charge in [0, 0.05) is 22.7 Å². The van der Waals surface area contributed by atoms with Crippen LogP contribution in [0.15, 0.2) is 29.4 Å². The highest BCUT2D eigenvalue weighted by atomic mass is 35.5. The molecule has 18 heavy (non-hydrogen) atoms. The zero-order valence-corrected chi connectivity index (χ0v) is 12.4. The van der Waals surface area contributed by atoms with Gasteiger partial charge in [-0.1, -0.05) is 47.1 Å². The molecule has 0 radical (unpaired) electrons. The number of aromatic nitrogens is 2. The lowest BCUT2D eigenvalue weighted by Crippen LogP contribution is -2.00. The van der Waals surface area contributed by atoms with E-state index in [9.17, 15) is 0 Å². The number of halogens is 2. The Kier molecular flexibility index (Phi) is 4.49. The number of benzene rings is 1. The van der Waals surface area contributed by atoms with E-state index in [2.05, 4.69) is 9.97 Å². The molecule has 0 atom stereocenters. The van der Waals surface area contributed by atoms with Crippen LogP contribution < -0.4 is 0 Å². The quantitative estimate of drug-likeness (QED) is 0.477. The SMILES string of the molecule is CSc1nc(C)c(Cc2ccc(Cl)cc2)c(Cl)n1. The first-order chi connectivity index (χ1) is 8.60. The molecule has 1 heterocycles. The fourth-order valence-electron chi connectivity index (χ4n) is 1.64. The lowest BCUT2D eigenvalue weighted by molar-refractivity contribution is 0.899. The maximum absolute atomic E-state index is 6.20. The average molecular weight is 299 g/mol. The molecule has 0 aliphatic heterocycles. The van der Waals surface area contributed by atoms with Gasteiger partial charge in [-0.25, -0.2) is 9.97 Å². The van der Waals surface area contributed by atoms with E-state index in [1.807, 2.05) is 37.4 Å². The second kappa shape index (κ2) is 5.91. The van der Waals surface area contributed by atoms with E-state index < -0.39 is 0 Å². The van der Waals surface area contributed by atoms with Crippen LogP contribution in [0.5, 0.6) is 0 Å². The van der Waals surface area contributed by atoms with Crippen molar-refractivity contribution in [2.24, 2.45) is 0 Å². The van der Waals surface area contributed by atoms with E-state index in [0.717, 1.165) is 28.3 Å². The number of rotatable bonds is 3. The molecule has 5 heteroatoms. The second-order valence-electron chi connectivity index (χ2n) is 3.87. The summed E-state index contributed by atoms with van der Waals surface area (Å²) in [4.78, 5) is 8.66. The van der Waals surface area contributed by atoms with Crippen LogP contribution in [0.4, 0.5) is 0 Å². The van der Waals surface area contributed by atoms with Gasteiger partial charge in [-0.05, 0) is 30.9 Å². The van der Waals surface area contributed by atoms with Crippen LogP contribution in [-0.4, -0.2) is 16.2 Å². The van der Waals surface area contributed by atoms with Crippen molar-refractivity contribution in [2.75, 3.05) is 6.26 Å². The number of nitrogens with zero attached hydrogens (tertiary/aromatic N) is 2. The van der Waals surface area contributed by atoms with E-state index in [0.29, 0.717) is 10.3 Å². The largest absolute Gasteiger partial charge is 0.228 e. The van der Waals surface area contributed by atoms with Crippen molar-refractivity contribution in [1.82, 2.24) is 9.97 Å². The molecular formula is C13H12Cl2N2S. The van der Waals surface area contributed by atoms with E-state index in [1.165, 1.54) is 11.8 Å². The van der Waals surface area contributed by atoms with Gasteiger partial charge >= 0.3 is 0 Å². The van der Waals surface area contributed by atoms with Crippen LogP contribution in [0.3, 0.4) is 0 Å². The average Bonchev–Trinajstić information content (AvgIpc) is 2.35. The lowest BCUT2D eigenvalue weighted by Gasteiger charge is -2.08. The molecular weight excluding hydrogens is 287 g/mol. The van der Waals surface area contributed by atoms with Gasteiger partial charge in [0.05, 0.1) is 0 Å². The van der Waals surface area contributed by atoms with Crippen LogP contribution >= 0.6 is 35.0 Å². The molecule has 2 nitrogen and oxygen atoms in total. The van der Waals surface area contributed by atoms with Gasteiger partial charge in [0.25, 0.3) is 0 Å². The molecule has 2 rings (SSSR count). The first-order valence-electron chi connectivity index (χ1n) is 5.41. The van der Waals surface area contributed by atoms with Gasteiger partial charge in [-0.15, -0.1) is 0 Å². The van der Waals surface area contributed by atoms with Crippen molar-refractivity contribution in [2.45, 2.75) is 18.5 Å². The lowest BCUT2D eigenvalue weighted by atomic mass is 10.1. The Bertz CT molecular complexity index is 532. The van der Waals surface area contributed by atoms with Crippen molar-refractivity contribution >= 4 is 35.0 Å². The highest BCUT2D eigenvalue weighted by molar-refractivity contribution is 7.98. The summed E-state index contributed by atoms with van der Waals surface area (Å²) in [7, 11) is 0. The summed E-state index contributed by atoms with van der Waals surface area (Å²) in [5.41, 5.74) is 3.04. The van der Waals surface area contributed by atoms with Gasteiger partial charge in [-0.3, -0.25) is 0 Å². The summed E-state index contributed by atoms with van der Waals surface area (Å²) in [6.07, 6.45) is 2.65. The number of thioether (sulfide) groups is 1. The fraction of sp³-hybridized carbons (Fsp3) is 0.231. The monoisotopic (exact) mass is 298 g/mol. The maximum Gasteiger partial charge on any atom is 0.188 e. The molecule has 0 unspecified atom stereocenters. The Morgan fingerprint density at radius 2 is 1.78 bits per heavy atom. The van der Waals surface area contributed by atoms with Gasteiger partial charge in [0.1, 0.15) is 5.15 Å². The molecule has 0 saturated heterocycles. The zero-order chi connectivity index (χ0) is 13.1. The smallest absolute Gasteiger partial charge is 0.188 e. The van der Waals surface area contributed by atoms with Crippen molar-refractivity contribution in [3.8, 4) is 0 Å². The third-order valence-electron chi connectivity index (χ3n) is 2.62. The molecule has 2 aromatic rings. The molecule has 1 aromatic heterocycles. The summed E-state index contributed by atoms with van der Waals surface area (Å²) >= 11 is 13.6. The molecule has 0 saturated carbocycles. The van der Waals surface area contributed by atoms with Crippen LogP contribution in [0.25, 0.3) is 0 Å². The number of aryl methyl sites for hydroxylation is 1. The standard InChI is InChI=1S/C13H12Cl2N2S/c1-8-11(12(15)17-13(16-8)18-2)7-9-3-5-10(14)6-4-9/h3-6H,7H2,1-2H3. The summed E-state index contributed by atoms with van der Waals surface area (Å²) in [6.45, 7) is 1.96. The minimum absolute atomic E-state index is 0.529. The minimum atomic E-state index is 0.529. The minimum Gasteiger partial charge on any atom is -0.228 e. The van der Waals surface area contributed by atoms with Crippen molar-refractivity contribution in [1.29, 1.82) is 0 Å². The number of hydrogen-bond donors (Lipinski definition) is 0. The Balaban J connectivity index is 2.31. The Labute approximate surface area is 121 Å². The van der Waals surface area contributed by atoms with Crippen LogP contribution in [0.2, 0.25) is 10.2 Å². The highest BCUT2D eigenvalue weighted by Crippen LogP contribution is 2.23. The van der Waals surface area contributed by atoms with E-state index in [4.69, 9.17) is 23.2 Å². The summed E-state index contributed by atoms with van der Waals surface area (Å²) in [5.74, 6) is 0. The maximum atomic E-state index is 6.20. The predicted molar refractivity (Wildman–Crippen MR) is 77.8 cm³/mol.